The molecule has 3 nitrogen and oxygen atoms in total. The van der Waals surface area contributed by atoms with Crippen LogP contribution in [-0.4, -0.2) is 11.0 Å². The maximum atomic E-state index is 11.9. The van der Waals surface area contributed by atoms with E-state index in [1.807, 2.05) is 24.3 Å². The van der Waals surface area contributed by atoms with Gasteiger partial charge >= 0.3 is 0 Å². The second-order valence-corrected chi connectivity index (χ2v) is 8.12. The molecule has 0 aromatic heterocycles. The van der Waals surface area contributed by atoms with E-state index in [0.717, 1.165) is 23.0 Å². The molecule has 1 rings (SSSR count). The van der Waals surface area contributed by atoms with Gasteiger partial charge < -0.3 is 10.6 Å². The van der Waals surface area contributed by atoms with Crippen LogP contribution < -0.4 is 10.6 Å². The van der Waals surface area contributed by atoms with Gasteiger partial charge in [-0.25, -0.2) is 0 Å². The Morgan fingerprint density at radius 2 is 1.38 bits per heavy atom. The molecule has 0 bridgehead atoms. The molecule has 1 amide bonds. The van der Waals surface area contributed by atoms with Gasteiger partial charge in [0.1, 0.15) is 0 Å². The molecule has 0 atom stereocenters. The van der Waals surface area contributed by atoms with Gasteiger partial charge in [-0.3, -0.25) is 4.79 Å². The van der Waals surface area contributed by atoms with Crippen molar-refractivity contribution in [3.05, 3.63) is 28.7 Å². The van der Waals surface area contributed by atoms with Crippen molar-refractivity contribution >= 4 is 44.9 Å². The van der Waals surface area contributed by atoms with Crippen molar-refractivity contribution in [1.29, 1.82) is 0 Å². The molecule has 0 unspecified atom stereocenters. The molecular formula is C21H33BrN2OS. The molecule has 1 aromatic carbocycles. The van der Waals surface area contributed by atoms with Crippen molar-refractivity contribution in [3.63, 3.8) is 0 Å². The maximum Gasteiger partial charge on any atom is 0.226 e. The van der Waals surface area contributed by atoms with E-state index in [-0.39, 0.29) is 5.91 Å². The van der Waals surface area contributed by atoms with Crippen molar-refractivity contribution in [2.45, 2.75) is 84.0 Å². The van der Waals surface area contributed by atoms with E-state index in [2.05, 4.69) is 33.5 Å². The number of rotatable bonds is 13. The molecular weight excluding hydrogens is 408 g/mol. The molecule has 0 fully saturated rings. The van der Waals surface area contributed by atoms with Crippen molar-refractivity contribution in [1.82, 2.24) is 5.32 Å². The average Bonchev–Trinajstić information content (AvgIpc) is 2.61. The molecule has 146 valence electrons. The summed E-state index contributed by atoms with van der Waals surface area (Å²) in [6.45, 7) is 2.26. The third-order valence-corrected chi connectivity index (χ3v) is 5.10. The molecule has 0 aliphatic rings. The van der Waals surface area contributed by atoms with Crippen molar-refractivity contribution in [3.8, 4) is 0 Å². The van der Waals surface area contributed by atoms with Gasteiger partial charge in [0.15, 0.2) is 5.11 Å². The molecule has 2 N–H and O–H groups in total. The lowest BCUT2D eigenvalue weighted by molar-refractivity contribution is -0.119. The summed E-state index contributed by atoms with van der Waals surface area (Å²) in [6.07, 6.45) is 14.7. The van der Waals surface area contributed by atoms with Gasteiger partial charge in [-0.1, -0.05) is 87.1 Å². The molecule has 0 aliphatic carbocycles. The molecule has 0 heterocycles. The molecule has 0 spiro atoms. The fourth-order valence-electron chi connectivity index (χ4n) is 2.83. The highest BCUT2D eigenvalue weighted by Crippen LogP contribution is 2.14. The van der Waals surface area contributed by atoms with Gasteiger partial charge in [-0.05, 0) is 42.9 Å². The lowest BCUT2D eigenvalue weighted by Gasteiger charge is -2.09. The minimum atomic E-state index is -0.00413. The Bertz CT molecular complexity index is 519. The van der Waals surface area contributed by atoms with Crippen LogP contribution in [0.25, 0.3) is 0 Å². The van der Waals surface area contributed by atoms with Gasteiger partial charge in [-0.15, -0.1) is 0 Å². The highest BCUT2D eigenvalue weighted by molar-refractivity contribution is 9.10. The summed E-state index contributed by atoms with van der Waals surface area (Å²) < 4.78 is 1.01. The Balaban J connectivity index is 1.96. The molecule has 0 radical (unpaired) electrons. The summed E-state index contributed by atoms with van der Waals surface area (Å²) in [4.78, 5) is 11.9. The summed E-state index contributed by atoms with van der Waals surface area (Å²) in [5.74, 6) is -0.00413. The van der Waals surface area contributed by atoms with E-state index >= 15 is 0 Å². The summed E-state index contributed by atoms with van der Waals surface area (Å²) in [5, 5.41) is 6.13. The van der Waals surface area contributed by atoms with Crippen LogP contribution in [0.15, 0.2) is 28.7 Å². The number of halogens is 1. The van der Waals surface area contributed by atoms with Gasteiger partial charge in [0.25, 0.3) is 0 Å². The van der Waals surface area contributed by atoms with Gasteiger partial charge in [-0.2, -0.15) is 0 Å². The van der Waals surface area contributed by atoms with Gasteiger partial charge in [0, 0.05) is 16.6 Å². The van der Waals surface area contributed by atoms with Crippen LogP contribution in [0.4, 0.5) is 5.69 Å². The Morgan fingerprint density at radius 3 is 1.92 bits per heavy atom. The predicted molar refractivity (Wildman–Crippen MR) is 120 cm³/mol. The molecule has 5 heteroatoms. The van der Waals surface area contributed by atoms with Gasteiger partial charge in [0.05, 0.1) is 0 Å². The molecule has 0 aliphatic heterocycles. The number of amides is 1. The fraction of sp³-hybridized carbons (Fsp3) is 0.619. The maximum absolute atomic E-state index is 11.9. The minimum Gasteiger partial charge on any atom is -0.332 e. The zero-order chi connectivity index (χ0) is 19.0. The fourth-order valence-corrected chi connectivity index (χ4v) is 3.33. The van der Waals surface area contributed by atoms with Crippen LogP contribution >= 0.6 is 28.1 Å². The summed E-state index contributed by atoms with van der Waals surface area (Å²) in [6, 6.07) is 7.68. The first-order valence-corrected chi connectivity index (χ1v) is 11.2. The highest BCUT2D eigenvalue weighted by Gasteiger charge is 2.05. The van der Waals surface area contributed by atoms with E-state index in [1.54, 1.807) is 0 Å². The van der Waals surface area contributed by atoms with Crippen molar-refractivity contribution < 1.29 is 4.79 Å². The lowest BCUT2D eigenvalue weighted by atomic mass is 10.1. The zero-order valence-electron chi connectivity index (χ0n) is 16.0. The Labute approximate surface area is 172 Å². The SMILES string of the molecule is CCCCCCCCCCCCCC(=O)NC(=S)Nc1ccc(Br)cc1. The number of carbonyl (C=O) groups is 1. The zero-order valence-corrected chi connectivity index (χ0v) is 18.4. The summed E-state index contributed by atoms with van der Waals surface area (Å²) >= 11 is 8.57. The predicted octanol–water partition coefficient (Wildman–Crippen LogP) is 6.96. The lowest BCUT2D eigenvalue weighted by Crippen LogP contribution is -2.33. The highest BCUT2D eigenvalue weighted by atomic mass is 79.9. The number of anilines is 1. The molecule has 0 saturated carbocycles. The number of hydrogen-bond acceptors (Lipinski definition) is 2. The second-order valence-electron chi connectivity index (χ2n) is 6.79. The van der Waals surface area contributed by atoms with E-state index < -0.39 is 0 Å². The quantitative estimate of drug-likeness (QED) is 0.257. The first kappa shape index (κ1) is 23.1. The van der Waals surface area contributed by atoms with Crippen LogP contribution in [-0.2, 0) is 4.79 Å². The Morgan fingerprint density at radius 1 is 0.885 bits per heavy atom. The number of thiocarbonyl (C=S) groups is 1. The monoisotopic (exact) mass is 440 g/mol. The standard InChI is InChI=1S/C21H33BrN2OS/c1-2-3-4-5-6-7-8-9-10-11-12-13-20(25)24-21(26)23-19-16-14-18(22)15-17-19/h14-17H,2-13H2,1H3,(H2,23,24,25,26). The Hall–Kier alpha value is -0.940. The number of nitrogens with one attached hydrogen (secondary N) is 2. The molecule has 1 aromatic rings. The number of carbonyl (C=O) groups excluding carboxylic acids is 1. The first-order chi connectivity index (χ1) is 12.6. The molecule has 0 saturated heterocycles. The van der Waals surface area contributed by atoms with E-state index in [9.17, 15) is 4.79 Å². The number of benzene rings is 1. The first-order valence-electron chi connectivity index (χ1n) is 9.98. The van der Waals surface area contributed by atoms with Crippen molar-refractivity contribution in [2.75, 3.05) is 5.32 Å². The third-order valence-electron chi connectivity index (χ3n) is 4.36. The van der Waals surface area contributed by atoms with E-state index in [0.29, 0.717) is 11.5 Å². The van der Waals surface area contributed by atoms with E-state index in [4.69, 9.17) is 12.2 Å². The van der Waals surface area contributed by atoms with Crippen LogP contribution in [0.5, 0.6) is 0 Å². The minimum absolute atomic E-state index is 0.00413. The number of unbranched alkanes of at least 4 members (excludes halogenated alkanes) is 10. The van der Waals surface area contributed by atoms with Crippen LogP contribution in [0.2, 0.25) is 0 Å². The average molecular weight is 441 g/mol. The smallest absolute Gasteiger partial charge is 0.226 e. The van der Waals surface area contributed by atoms with Crippen LogP contribution in [0.1, 0.15) is 84.0 Å². The molecule has 26 heavy (non-hydrogen) atoms. The van der Waals surface area contributed by atoms with Crippen LogP contribution in [0.3, 0.4) is 0 Å². The van der Waals surface area contributed by atoms with Crippen LogP contribution in [0, 0.1) is 0 Å². The largest absolute Gasteiger partial charge is 0.332 e. The van der Waals surface area contributed by atoms with E-state index in [1.165, 1.54) is 57.8 Å². The summed E-state index contributed by atoms with van der Waals surface area (Å²) in [5.41, 5.74) is 0.869. The third kappa shape index (κ3) is 12.4. The van der Waals surface area contributed by atoms with Gasteiger partial charge in [0.2, 0.25) is 5.91 Å². The number of hydrogen-bond donors (Lipinski definition) is 2. The topological polar surface area (TPSA) is 41.1 Å². The van der Waals surface area contributed by atoms with Crippen molar-refractivity contribution in [2.24, 2.45) is 0 Å². The Kier molecular flexibility index (Phi) is 13.5. The summed E-state index contributed by atoms with van der Waals surface area (Å²) in [7, 11) is 0. The second kappa shape index (κ2) is 15.2. The normalized spacial score (nSPS) is 10.5.